The zero-order valence-electron chi connectivity index (χ0n) is 12.0. The molecule has 3 N–H and O–H groups in total. The Labute approximate surface area is 123 Å². The van der Waals surface area contributed by atoms with Gasteiger partial charge in [0, 0.05) is 31.3 Å². The quantitative estimate of drug-likeness (QED) is 0.868. The highest BCUT2D eigenvalue weighted by Crippen LogP contribution is 2.19. The SMILES string of the molecule is CC(=O)N1CCC[C@@H](C(=O)Nc2ccc(C(N)=O)cc2)C1. The van der Waals surface area contributed by atoms with Crippen molar-refractivity contribution < 1.29 is 14.4 Å². The second-order valence-electron chi connectivity index (χ2n) is 5.24. The fourth-order valence-electron chi connectivity index (χ4n) is 2.44. The summed E-state index contributed by atoms with van der Waals surface area (Å²) >= 11 is 0. The smallest absolute Gasteiger partial charge is 0.248 e. The van der Waals surface area contributed by atoms with Gasteiger partial charge in [0.25, 0.3) is 0 Å². The Hall–Kier alpha value is -2.37. The fourth-order valence-corrected chi connectivity index (χ4v) is 2.44. The van der Waals surface area contributed by atoms with Crippen molar-refractivity contribution in [1.29, 1.82) is 0 Å². The Bertz CT molecular complexity index is 554. The van der Waals surface area contributed by atoms with E-state index >= 15 is 0 Å². The van der Waals surface area contributed by atoms with Crippen LogP contribution < -0.4 is 11.1 Å². The highest BCUT2D eigenvalue weighted by Gasteiger charge is 2.26. The maximum atomic E-state index is 12.2. The lowest BCUT2D eigenvalue weighted by atomic mass is 9.97. The van der Waals surface area contributed by atoms with Crippen LogP contribution in [0.5, 0.6) is 0 Å². The van der Waals surface area contributed by atoms with E-state index in [0.29, 0.717) is 24.3 Å². The minimum absolute atomic E-state index is 0.00156. The predicted molar refractivity (Wildman–Crippen MR) is 78.6 cm³/mol. The van der Waals surface area contributed by atoms with E-state index < -0.39 is 5.91 Å². The minimum atomic E-state index is -0.503. The van der Waals surface area contributed by atoms with Gasteiger partial charge in [-0.15, -0.1) is 0 Å². The van der Waals surface area contributed by atoms with Crippen molar-refractivity contribution in [2.24, 2.45) is 11.7 Å². The zero-order chi connectivity index (χ0) is 15.4. The van der Waals surface area contributed by atoms with Crippen LogP contribution in [0.3, 0.4) is 0 Å². The molecule has 6 heteroatoms. The average molecular weight is 289 g/mol. The number of hydrogen-bond donors (Lipinski definition) is 2. The van der Waals surface area contributed by atoms with E-state index in [0.717, 1.165) is 12.8 Å². The average Bonchev–Trinajstić information content (AvgIpc) is 2.48. The lowest BCUT2D eigenvalue weighted by Crippen LogP contribution is -2.42. The summed E-state index contributed by atoms with van der Waals surface area (Å²) in [5.74, 6) is -0.804. The molecular formula is C15H19N3O3. The lowest BCUT2D eigenvalue weighted by molar-refractivity contribution is -0.132. The summed E-state index contributed by atoms with van der Waals surface area (Å²) in [5, 5.41) is 2.81. The molecular weight excluding hydrogens is 270 g/mol. The Morgan fingerprint density at radius 2 is 1.90 bits per heavy atom. The van der Waals surface area contributed by atoms with E-state index in [9.17, 15) is 14.4 Å². The molecule has 3 amide bonds. The lowest BCUT2D eigenvalue weighted by Gasteiger charge is -2.31. The van der Waals surface area contributed by atoms with Gasteiger partial charge >= 0.3 is 0 Å². The molecule has 1 aliphatic heterocycles. The Balaban J connectivity index is 1.97. The van der Waals surface area contributed by atoms with Gasteiger partial charge in [-0.05, 0) is 37.1 Å². The van der Waals surface area contributed by atoms with Crippen LogP contribution in [0, 0.1) is 5.92 Å². The van der Waals surface area contributed by atoms with Crippen LogP contribution in [0.4, 0.5) is 5.69 Å². The number of nitrogens with two attached hydrogens (primary N) is 1. The Morgan fingerprint density at radius 1 is 1.24 bits per heavy atom. The number of likely N-dealkylation sites (tertiary alicyclic amines) is 1. The molecule has 2 rings (SSSR count). The van der Waals surface area contributed by atoms with Crippen molar-refractivity contribution in [1.82, 2.24) is 4.90 Å². The topological polar surface area (TPSA) is 92.5 Å². The molecule has 0 aromatic heterocycles. The number of benzene rings is 1. The summed E-state index contributed by atoms with van der Waals surface area (Å²) in [7, 11) is 0. The van der Waals surface area contributed by atoms with Crippen molar-refractivity contribution >= 4 is 23.4 Å². The van der Waals surface area contributed by atoms with Crippen LogP contribution in [-0.2, 0) is 9.59 Å². The van der Waals surface area contributed by atoms with Crippen LogP contribution in [0.2, 0.25) is 0 Å². The molecule has 1 aliphatic rings. The molecule has 1 atom stereocenters. The van der Waals surface area contributed by atoms with Crippen LogP contribution in [-0.4, -0.2) is 35.7 Å². The molecule has 112 valence electrons. The molecule has 0 spiro atoms. The summed E-state index contributed by atoms with van der Waals surface area (Å²) in [6.45, 7) is 2.69. The summed E-state index contributed by atoms with van der Waals surface area (Å²) in [6, 6.07) is 6.43. The highest BCUT2D eigenvalue weighted by molar-refractivity contribution is 5.95. The number of carbonyl (C=O) groups excluding carboxylic acids is 3. The first-order chi connectivity index (χ1) is 9.97. The molecule has 1 saturated heterocycles. The number of nitrogens with one attached hydrogen (secondary N) is 1. The third-order valence-electron chi connectivity index (χ3n) is 3.67. The normalized spacial score (nSPS) is 18.1. The molecule has 0 unspecified atom stereocenters. The third-order valence-corrected chi connectivity index (χ3v) is 3.67. The standard InChI is InChI=1S/C15H19N3O3/c1-10(19)18-8-2-3-12(9-18)15(21)17-13-6-4-11(5-7-13)14(16)20/h4-7,12H,2-3,8-9H2,1H3,(H2,16,20)(H,17,21)/t12-/m1/s1. The van der Waals surface area contributed by atoms with Gasteiger partial charge < -0.3 is 16.0 Å². The molecule has 1 aromatic rings. The van der Waals surface area contributed by atoms with Crippen molar-refractivity contribution in [3.8, 4) is 0 Å². The van der Waals surface area contributed by atoms with Gasteiger partial charge in [0.05, 0.1) is 5.92 Å². The summed E-state index contributed by atoms with van der Waals surface area (Å²) < 4.78 is 0. The van der Waals surface area contributed by atoms with Crippen LogP contribution in [0.15, 0.2) is 24.3 Å². The van der Waals surface area contributed by atoms with Gasteiger partial charge in [-0.1, -0.05) is 0 Å². The van der Waals surface area contributed by atoms with Gasteiger partial charge in [0.2, 0.25) is 17.7 Å². The summed E-state index contributed by atoms with van der Waals surface area (Å²) in [5.41, 5.74) is 6.17. The molecule has 0 saturated carbocycles. The molecule has 21 heavy (non-hydrogen) atoms. The van der Waals surface area contributed by atoms with Gasteiger partial charge in [-0.2, -0.15) is 0 Å². The van der Waals surface area contributed by atoms with Gasteiger partial charge in [0.1, 0.15) is 0 Å². The number of rotatable bonds is 3. The number of carbonyl (C=O) groups is 3. The van der Waals surface area contributed by atoms with Crippen LogP contribution in [0.25, 0.3) is 0 Å². The van der Waals surface area contributed by atoms with E-state index in [4.69, 9.17) is 5.73 Å². The number of anilines is 1. The first-order valence-corrected chi connectivity index (χ1v) is 6.93. The highest BCUT2D eigenvalue weighted by atomic mass is 16.2. The second kappa shape index (κ2) is 6.39. The second-order valence-corrected chi connectivity index (χ2v) is 5.24. The van der Waals surface area contributed by atoms with E-state index in [2.05, 4.69) is 5.32 Å². The van der Waals surface area contributed by atoms with E-state index in [-0.39, 0.29) is 17.7 Å². The molecule has 6 nitrogen and oxygen atoms in total. The van der Waals surface area contributed by atoms with Crippen LogP contribution in [0.1, 0.15) is 30.1 Å². The molecule has 1 fully saturated rings. The molecule has 1 heterocycles. The van der Waals surface area contributed by atoms with E-state index in [1.807, 2.05) is 0 Å². The van der Waals surface area contributed by atoms with Crippen molar-refractivity contribution in [2.45, 2.75) is 19.8 Å². The third kappa shape index (κ3) is 3.81. The number of nitrogens with zero attached hydrogens (tertiary/aromatic N) is 1. The molecule has 0 aliphatic carbocycles. The minimum Gasteiger partial charge on any atom is -0.366 e. The van der Waals surface area contributed by atoms with Gasteiger partial charge in [-0.25, -0.2) is 0 Å². The predicted octanol–water partition coefficient (Wildman–Crippen LogP) is 0.982. The van der Waals surface area contributed by atoms with Crippen molar-refractivity contribution in [3.05, 3.63) is 29.8 Å². The van der Waals surface area contributed by atoms with Gasteiger partial charge in [-0.3, -0.25) is 14.4 Å². The maximum absolute atomic E-state index is 12.2. The molecule has 0 radical (unpaired) electrons. The maximum Gasteiger partial charge on any atom is 0.248 e. The van der Waals surface area contributed by atoms with Crippen molar-refractivity contribution in [2.75, 3.05) is 18.4 Å². The number of piperidine rings is 1. The van der Waals surface area contributed by atoms with Crippen molar-refractivity contribution in [3.63, 3.8) is 0 Å². The molecule has 1 aromatic carbocycles. The van der Waals surface area contributed by atoms with Crippen LogP contribution >= 0.6 is 0 Å². The largest absolute Gasteiger partial charge is 0.366 e. The summed E-state index contributed by atoms with van der Waals surface area (Å²) in [6.07, 6.45) is 1.60. The zero-order valence-corrected chi connectivity index (χ0v) is 12.0. The first kappa shape index (κ1) is 15.0. The number of hydrogen-bond acceptors (Lipinski definition) is 3. The Morgan fingerprint density at radius 3 is 2.48 bits per heavy atom. The van der Waals surface area contributed by atoms with E-state index in [1.54, 1.807) is 29.2 Å². The van der Waals surface area contributed by atoms with Gasteiger partial charge in [0.15, 0.2) is 0 Å². The first-order valence-electron chi connectivity index (χ1n) is 6.93. The van der Waals surface area contributed by atoms with E-state index in [1.165, 1.54) is 6.92 Å². The molecule has 0 bridgehead atoms. The number of primary amides is 1. The fraction of sp³-hybridized carbons (Fsp3) is 0.400. The summed E-state index contributed by atoms with van der Waals surface area (Å²) in [4.78, 5) is 36.3. The Kier molecular flexibility index (Phi) is 4.57. The number of amides is 3. The monoisotopic (exact) mass is 289 g/mol.